The Kier molecular flexibility index (Phi) is 6.95. The third-order valence-corrected chi connectivity index (χ3v) is 6.55. The summed E-state index contributed by atoms with van der Waals surface area (Å²) < 4.78 is 16.8. The molecule has 0 amide bonds. The molecule has 11 nitrogen and oxygen atoms in total. The lowest BCUT2D eigenvalue weighted by molar-refractivity contribution is -0.280. The number of ether oxygens (including phenoxy) is 2. The molecule has 5 atom stereocenters. The molecule has 4 N–H and O–H groups in total. The Hall–Kier alpha value is -1.29. The molecular formula is C13H18N3O8PS. The lowest BCUT2D eigenvalue weighted by Crippen LogP contribution is -2.59. The monoisotopic (exact) mass is 407 g/mol. The Morgan fingerprint density at radius 3 is 2.88 bits per heavy atom. The molecule has 144 valence electrons. The van der Waals surface area contributed by atoms with Crippen molar-refractivity contribution in [1.82, 2.24) is 9.55 Å². The molecule has 1 unspecified atom stereocenters. The highest BCUT2D eigenvalue weighted by atomic mass is 32.7. The predicted octanol–water partition coefficient (Wildman–Crippen LogP) is -1.59. The summed E-state index contributed by atoms with van der Waals surface area (Å²) in [4.78, 5) is 25.7. The standard InChI is InChI=1S/C13H18N3O8PS/c1-22-12(21)10(19)8(7-17)24-13(12,25-26-23-6-2-4-14)16-5-3-9(18)15-11(16)20/h3,5,8,10,17,19,21,25H,2,6-7H2,1H3,(H,15,18,20)/t8-,10-,12+,13+/m1/s1. The summed E-state index contributed by atoms with van der Waals surface area (Å²) in [6.45, 7) is -0.570. The predicted molar refractivity (Wildman–Crippen MR) is 91.3 cm³/mol. The topological polar surface area (TPSA) is 167 Å². The van der Waals surface area contributed by atoms with Crippen LogP contribution in [0.5, 0.6) is 0 Å². The van der Waals surface area contributed by atoms with Crippen LogP contribution < -0.4 is 11.2 Å². The average molecular weight is 407 g/mol. The minimum Gasteiger partial charge on any atom is -0.394 e. The second kappa shape index (κ2) is 8.60. The van der Waals surface area contributed by atoms with Gasteiger partial charge >= 0.3 is 5.69 Å². The van der Waals surface area contributed by atoms with E-state index in [0.29, 0.717) is 0 Å². The van der Waals surface area contributed by atoms with Gasteiger partial charge in [-0.05, 0) is 0 Å². The smallest absolute Gasteiger partial charge is 0.331 e. The molecule has 2 rings (SSSR count). The second-order valence-electron chi connectivity index (χ2n) is 5.22. The molecule has 1 aliphatic rings. The number of hydrogen-bond acceptors (Lipinski definition) is 10. The van der Waals surface area contributed by atoms with Crippen molar-refractivity contribution in [2.45, 2.75) is 29.9 Å². The van der Waals surface area contributed by atoms with E-state index in [1.54, 1.807) is 0 Å². The minimum atomic E-state index is -2.42. The van der Waals surface area contributed by atoms with Gasteiger partial charge in [-0.1, -0.05) is 0 Å². The highest BCUT2D eigenvalue weighted by molar-refractivity contribution is 8.47. The van der Waals surface area contributed by atoms with Crippen molar-refractivity contribution in [2.24, 2.45) is 0 Å². The van der Waals surface area contributed by atoms with Crippen molar-refractivity contribution in [3.05, 3.63) is 33.1 Å². The molecule has 0 spiro atoms. The number of aromatic nitrogens is 2. The van der Waals surface area contributed by atoms with E-state index >= 15 is 0 Å². The van der Waals surface area contributed by atoms with E-state index in [9.17, 15) is 24.9 Å². The molecule has 13 heteroatoms. The van der Waals surface area contributed by atoms with Gasteiger partial charge in [-0.25, -0.2) is 4.79 Å². The highest BCUT2D eigenvalue weighted by Crippen LogP contribution is 2.59. The van der Waals surface area contributed by atoms with Crippen LogP contribution in [0.15, 0.2) is 21.9 Å². The first kappa shape index (κ1) is 21.0. The molecule has 1 aliphatic heterocycles. The average Bonchev–Trinajstić information content (AvgIpc) is 2.84. The molecular weight excluding hydrogens is 389 g/mol. The summed E-state index contributed by atoms with van der Waals surface area (Å²) in [6.07, 6.45) is -1.74. The van der Waals surface area contributed by atoms with Crippen LogP contribution in [0.3, 0.4) is 0 Å². The van der Waals surface area contributed by atoms with Gasteiger partial charge in [0.2, 0.25) is 11.3 Å². The fraction of sp³-hybridized carbons (Fsp3) is 0.615. The van der Waals surface area contributed by atoms with Gasteiger partial charge in [0.05, 0.1) is 25.7 Å². The summed E-state index contributed by atoms with van der Waals surface area (Å²) >= 11 is 0.796. The number of aliphatic hydroxyl groups excluding tert-OH is 2. The van der Waals surface area contributed by atoms with Gasteiger partial charge in [0.1, 0.15) is 12.2 Å². The highest BCUT2D eigenvalue weighted by Gasteiger charge is 2.68. The molecule has 0 aromatic carbocycles. The molecule has 1 aromatic heterocycles. The molecule has 0 aliphatic carbocycles. The Balaban J connectivity index is 2.49. The normalized spacial score (nSPS) is 31.5. The number of aliphatic hydroxyl groups is 3. The maximum Gasteiger partial charge on any atom is 0.331 e. The summed E-state index contributed by atoms with van der Waals surface area (Å²) in [5, 5.41) is 39.3. The van der Waals surface area contributed by atoms with Crippen molar-refractivity contribution < 1.29 is 29.0 Å². The Bertz CT molecular complexity index is 782. The summed E-state index contributed by atoms with van der Waals surface area (Å²) in [5.41, 5.74) is -3.57. The number of hydrogen-bond donors (Lipinski definition) is 4. The summed E-state index contributed by atoms with van der Waals surface area (Å²) in [7, 11) is 0.529. The van der Waals surface area contributed by atoms with E-state index in [2.05, 4.69) is 0 Å². The number of rotatable bonds is 8. The fourth-order valence-corrected chi connectivity index (χ4v) is 5.32. The van der Waals surface area contributed by atoms with Gasteiger partial charge in [0, 0.05) is 38.8 Å². The number of aromatic amines is 1. The summed E-state index contributed by atoms with van der Waals surface area (Å²) in [5.74, 6) is -2.42. The number of nitrogens with one attached hydrogen (secondary N) is 1. The second-order valence-corrected chi connectivity index (χ2v) is 7.62. The molecule has 26 heavy (non-hydrogen) atoms. The first-order chi connectivity index (χ1) is 12.4. The van der Waals surface area contributed by atoms with Crippen molar-refractivity contribution in [3.8, 4) is 6.07 Å². The van der Waals surface area contributed by atoms with E-state index in [0.717, 1.165) is 35.6 Å². The van der Waals surface area contributed by atoms with Crippen LogP contribution in [0, 0.1) is 11.3 Å². The van der Waals surface area contributed by atoms with E-state index < -0.39 is 49.1 Å². The van der Waals surface area contributed by atoms with Gasteiger partial charge in [0.25, 0.3) is 5.56 Å². The lowest BCUT2D eigenvalue weighted by Gasteiger charge is -2.40. The van der Waals surface area contributed by atoms with Crippen molar-refractivity contribution in [1.29, 1.82) is 5.26 Å². The maximum atomic E-state index is 12.3. The van der Waals surface area contributed by atoms with Gasteiger partial charge in [-0.15, -0.1) is 0 Å². The molecule has 0 bridgehead atoms. The quantitative estimate of drug-likeness (QED) is 0.171. The van der Waals surface area contributed by atoms with Crippen molar-refractivity contribution in [3.63, 3.8) is 0 Å². The van der Waals surface area contributed by atoms with Crippen LogP contribution >= 0.6 is 19.4 Å². The largest absolute Gasteiger partial charge is 0.394 e. The van der Waals surface area contributed by atoms with E-state index in [-0.39, 0.29) is 13.0 Å². The molecule has 0 radical (unpaired) electrons. The van der Waals surface area contributed by atoms with Gasteiger partial charge in [-0.2, -0.15) is 5.26 Å². The Morgan fingerprint density at radius 1 is 1.58 bits per heavy atom. The Labute approximate surface area is 153 Å². The van der Waals surface area contributed by atoms with E-state index in [4.69, 9.17) is 18.9 Å². The van der Waals surface area contributed by atoms with Gasteiger partial charge in [-0.3, -0.25) is 14.3 Å². The van der Waals surface area contributed by atoms with Crippen molar-refractivity contribution >= 4 is 19.4 Å². The zero-order valence-electron chi connectivity index (χ0n) is 13.6. The van der Waals surface area contributed by atoms with Gasteiger partial charge in [0.15, 0.2) is 0 Å². The number of H-pyrrole nitrogens is 1. The van der Waals surface area contributed by atoms with Crippen LogP contribution in [0.25, 0.3) is 0 Å². The van der Waals surface area contributed by atoms with Crippen LogP contribution in [0.4, 0.5) is 0 Å². The third-order valence-electron chi connectivity index (χ3n) is 3.75. The fourth-order valence-electron chi connectivity index (χ4n) is 2.47. The molecule has 2 heterocycles. The molecule has 1 fully saturated rings. The summed E-state index contributed by atoms with van der Waals surface area (Å²) in [6, 6.07) is 2.93. The molecule has 1 aromatic rings. The molecule has 0 saturated carbocycles. The van der Waals surface area contributed by atoms with Gasteiger partial charge < -0.3 is 29.0 Å². The Morgan fingerprint density at radius 2 is 2.31 bits per heavy atom. The van der Waals surface area contributed by atoms with Crippen molar-refractivity contribution in [2.75, 3.05) is 20.3 Å². The first-order valence-corrected chi connectivity index (χ1v) is 9.82. The van der Waals surface area contributed by atoms with Crippen LogP contribution in [-0.4, -0.2) is 63.2 Å². The zero-order valence-corrected chi connectivity index (χ0v) is 15.4. The van der Waals surface area contributed by atoms with E-state index in [1.165, 1.54) is 0 Å². The van der Waals surface area contributed by atoms with E-state index in [1.807, 2.05) is 11.1 Å². The maximum absolute atomic E-state index is 12.3. The number of nitrogens with zero attached hydrogens (tertiary/aromatic N) is 2. The van der Waals surface area contributed by atoms with Crippen LogP contribution in [-0.2, 0) is 19.1 Å². The zero-order chi connectivity index (χ0) is 19.4. The SMILES string of the molecule is CO[C@@]1(O)[C@H](O)[C@@H](CO)O[C@@]1(PSOCCC#N)n1ccc(=O)[nH]c1=O. The lowest BCUT2D eigenvalue weighted by atomic mass is 10.1. The van der Waals surface area contributed by atoms with Crippen LogP contribution in [0.2, 0.25) is 0 Å². The minimum absolute atomic E-state index is 0.0855. The number of methoxy groups -OCH3 is 1. The molecule has 1 saturated heterocycles. The first-order valence-electron chi connectivity index (χ1n) is 7.35. The van der Waals surface area contributed by atoms with Crippen LogP contribution in [0.1, 0.15) is 6.42 Å². The number of nitriles is 1. The third kappa shape index (κ3) is 3.58.